The molecule has 0 aromatic carbocycles. The lowest BCUT2D eigenvalue weighted by atomic mass is 10.1. The van der Waals surface area contributed by atoms with Gasteiger partial charge < -0.3 is 4.74 Å². The molecule has 0 radical (unpaired) electrons. The van der Waals surface area contributed by atoms with Gasteiger partial charge in [-0.15, -0.1) is 0 Å². The monoisotopic (exact) mass is 411 g/mol. The van der Waals surface area contributed by atoms with E-state index in [0.29, 0.717) is 13.0 Å². The molecule has 1 aromatic heterocycles. The van der Waals surface area contributed by atoms with Gasteiger partial charge in [0.2, 0.25) is 0 Å². The molecule has 1 heterocycles. The highest BCUT2D eigenvalue weighted by molar-refractivity contribution is 8.00. The Hall–Kier alpha value is -0.680. The smallest absolute Gasteiger partial charge is 0.306 e. The molecule has 27 heavy (non-hydrogen) atoms. The van der Waals surface area contributed by atoms with Crippen molar-refractivity contribution in [3.05, 3.63) is 30.1 Å². The second-order valence-electron chi connectivity index (χ2n) is 6.83. The minimum absolute atomic E-state index is 0.0935. The fraction of sp³-hybridized carbons (Fsp3) is 0.727. The molecule has 1 aromatic rings. The lowest BCUT2D eigenvalue weighted by Gasteiger charge is -2.05. The number of hydrogen-bond donors (Lipinski definition) is 0. The van der Waals surface area contributed by atoms with E-state index in [1.165, 1.54) is 68.0 Å². The number of unbranched alkanes of at least 4 members (excludes halogenated alkanes) is 6. The van der Waals surface area contributed by atoms with Crippen LogP contribution in [0.25, 0.3) is 0 Å². The summed E-state index contributed by atoms with van der Waals surface area (Å²) >= 11 is 4.21. The van der Waals surface area contributed by atoms with Crippen LogP contribution in [0.15, 0.2) is 24.5 Å². The predicted molar refractivity (Wildman–Crippen MR) is 121 cm³/mol. The summed E-state index contributed by atoms with van der Waals surface area (Å²) in [5.74, 6) is 5.20. The molecule has 0 atom stereocenters. The van der Waals surface area contributed by atoms with E-state index in [1.54, 1.807) is 12.4 Å². The van der Waals surface area contributed by atoms with E-state index in [4.69, 9.17) is 4.74 Å². The van der Waals surface area contributed by atoms with Gasteiger partial charge in [0.1, 0.15) is 6.61 Å². The summed E-state index contributed by atoms with van der Waals surface area (Å²) in [6, 6.07) is 3.78. The van der Waals surface area contributed by atoms with Gasteiger partial charge >= 0.3 is 5.97 Å². The van der Waals surface area contributed by atoms with Crippen molar-refractivity contribution in [1.29, 1.82) is 0 Å². The Balaban J connectivity index is 1.77. The maximum Gasteiger partial charge on any atom is 0.306 e. The van der Waals surface area contributed by atoms with Crippen LogP contribution in [0.2, 0.25) is 0 Å². The number of pyridine rings is 1. The Labute approximate surface area is 174 Å². The topological polar surface area (TPSA) is 39.2 Å². The van der Waals surface area contributed by atoms with Crippen molar-refractivity contribution in [2.24, 2.45) is 0 Å². The van der Waals surface area contributed by atoms with Crippen molar-refractivity contribution < 1.29 is 9.53 Å². The third kappa shape index (κ3) is 16.0. The maximum atomic E-state index is 11.7. The van der Waals surface area contributed by atoms with Crippen LogP contribution in [-0.4, -0.2) is 34.0 Å². The molecule has 0 N–H and O–H groups in total. The molecule has 0 spiro atoms. The molecular formula is C22H37NO2S2. The van der Waals surface area contributed by atoms with Gasteiger partial charge in [-0.3, -0.25) is 9.78 Å². The van der Waals surface area contributed by atoms with E-state index >= 15 is 0 Å². The first-order chi connectivity index (χ1) is 13.3. The molecule has 0 aliphatic carbocycles. The minimum Gasteiger partial charge on any atom is -0.461 e. The average Bonchev–Trinajstić information content (AvgIpc) is 2.70. The summed E-state index contributed by atoms with van der Waals surface area (Å²) in [4.78, 5) is 15.7. The van der Waals surface area contributed by atoms with Crippen LogP contribution in [0.5, 0.6) is 0 Å². The Bertz CT molecular complexity index is 457. The van der Waals surface area contributed by atoms with Crippen LogP contribution in [-0.2, 0) is 16.1 Å². The van der Waals surface area contributed by atoms with Gasteiger partial charge in [-0.2, -0.15) is 23.5 Å². The van der Waals surface area contributed by atoms with E-state index in [0.717, 1.165) is 18.4 Å². The second-order valence-corrected chi connectivity index (χ2v) is 9.27. The first-order valence-corrected chi connectivity index (χ1v) is 12.8. The first kappa shape index (κ1) is 24.4. The van der Waals surface area contributed by atoms with Gasteiger partial charge in [-0.25, -0.2) is 0 Å². The highest BCUT2D eigenvalue weighted by atomic mass is 32.2. The fourth-order valence-corrected chi connectivity index (χ4v) is 4.67. The fourth-order valence-electron chi connectivity index (χ4n) is 2.69. The molecule has 0 unspecified atom stereocenters. The number of carbonyl (C=O) groups excluding carboxylic acids is 1. The lowest BCUT2D eigenvalue weighted by Crippen LogP contribution is -2.04. The van der Waals surface area contributed by atoms with Crippen LogP contribution >= 0.6 is 23.5 Å². The molecule has 0 aliphatic heterocycles. The molecule has 1 rings (SSSR count). The summed E-state index contributed by atoms with van der Waals surface area (Å²) in [6.45, 7) is 2.59. The summed E-state index contributed by atoms with van der Waals surface area (Å²) in [5, 5.41) is 0. The Morgan fingerprint density at radius 3 is 2.30 bits per heavy atom. The highest BCUT2D eigenvalue weighted by Crippen LogP contribution is 2.13. The van der Waals surface area contributed by atoms with E-state index in [9.17, 15) is 4.79 Å². The zero-order valence-electron chi connectivity index (χ0n) is 17.0. The molecule has 5 heteroatoms. The Morgan fingerprint density at radius 2 is 1.59 bits per heavy atom. The molecule has 0 aliphatic rings. The summed E-state index contributed by atoms with van der Waals surface area (Å²) < 4.78 is 5.26. The molecule has 0 amide bonds. The third-order valence-corrected chi connectivity index (χ3v) is 6.65. The van der Waals surface area contributed by atoms with Crippen LogP contribution in [0.1, 0.15) is 76.7 Å². The average molecular weight is 412 g/mol. The van der Waals surface area contributed by atoms with Crippen LogP contribution in [0.4, 0.5) is 0 Å². The molecule has 0 saturated carbocycles. The van der Waals surface area contributed by atoms with Gasteiger partial charge in [0.05, 0.1) is 0 Å². The minimum atomic E-state index is -0.0935. The van der Waals surface area contributed by atoms with Crippen LogP contribution in [0.3, 0.4) is 0 Å². The summed E-state index contributed by atoms with van der Waals surface area (Å²) in [7, 11) is 0. The van der Waals surface area contributed by atoms with Gasteiger partial charge in [0.25, 0.3) is 0 Å². The van der Waals surface area contributed by atoms with Crippen LogP contribution in [0, 0.1) is 0 Å². The largest absolute Gasteiger partial charge is 0.461 e. The van der Waals surface area contributed by atoms with Crippen LogP contribution < -0.4 is 0 Å². The Kier molecular flexibility index (Phi) is 16.8. The van der Waals surface area contributed by atoms with Gasteiger partial charge in [-0.05, 0) is 54.8 Å². The highest BCUT2D eigenvalue weighted by Gasteiger charge is 2.03. The number of ether oxygens (including phenoxy) is 1. The van der Waals surface area contributed by atoms with Gasteiger partial charge in [-0.1, -0.05) is 45.1 Å². The standard InChI is InChI=1S/C22H37NO2S2/c1-2-15-26-17-11-18-27-16-9-7-5-3-4-6-8-13-22(24)25-20-21-12-10-14-23-19-21/h10,12,14,19H,2-9,11,13,15-18,20H2,1H3. The molecule has 154 valence electrons. The number of rotatable bonds is 18. The van der Waals surface area contributed by atoms with E-state index in [2.05, 4.69) is 35.4 Å². The second kappa shape index (κ2) is 18.7. The molecule has 0 bridgehead atoms. The number of esters is 1. The summed E-state index contributed by atoms with van der Waals surface area (Å²) in [5.41, 5.74) is 0.944. The van der Waals surface area contributed by atoms with Crippen molar-refractivity contribution in [3.8, 4) is 0 Å². The Morgan fingerprint density at radius 1 is 0.926 bits per heavy atom. The molecule has 0 fully saturated rings. The van der Waals surface area contributed by atoms with Gasteiger partial charge in [0.15, 0.2) is 0 Å². The van der Waals surface area contributed by atoms with Crippen molar-refractivity contribution in [1.82, 2.24) is 4.98 Å². The maximum absolute atomic E-state index is 11.7. The first-order valence-electron chi connectivity index (χ1n) is 10.5. The zero-order valence-corrected chi connectivity index (χ0v) is 18.6. The van der Waals surface area contributed by atoms with Crippen molar-refractivity contribution in [3.63, 3.8) is 0 Å². The zero-order chi connectivity index (χ0) is 19.4. The number of carbonyl (C=O) groups is 1. The quantitative estimate of drug-likeness (QED) is 0.203. The predicted octanol–water partition coefficient (Wildman–Crippen LogP) is 6.51. The molecule has 3 nitrogen and oxygen atoms in total. The van der Waals surface area contributed by atoms with Crippen molar-refractivity contribution in [2.45, 2.75) is 77.7 Å². The normalized spacial score (nSPS) is 10.9. The van der Waals surface area contributed by atoms with Gasteiger partial charge in [0, 0.05) is 24.4 Å². The summed E-state index contributed by atoms with van der Waals surface area (Å²) in [6.07, 6.45) is 15.3. The number of hydrogen-bond acceptors (Lipinski definition) is 5. The number of thioether (sulfide) groups is 2. The van der Waals surface area contributed by atoms with E-state index in [1.807, 2.05) is 12.1 Å². The van der Waals surface area contributed by atoms with E-state index < -0.39 is 0 Å². The number of aromatic nitrogens is 1. The van der Waals surface area contributed by atoms with Crippen molar-refractivity contribution >= 4 is 29.5 Å². The SMILES string of the molecule is CCCSCCCSCCCCCCCCCC(=O)OCc1cccnc1. The third-order valence-electron chi connectivity index (χ3n) is 4.22. The lowest BCUT2D eigenvalue weighted by molar-refractivity contribution is -0.145. The molecular weight excluding hydrogens is 374 g/mol. The van der Waals surface area contributed by atoms with E-state index in [-0.39, 0.29) is 5.97 Å². The number of nitrogens with zero attached hydrogens (tertiary/aromatic N) is 1. The van der Waals surface area contributed by atoms with Crippen molar-refractivity contribution in [2.75, 3.05) is 23.0 Å². The molecule has 0 saturated heterocycles.